The van der Waals surface area contributed by atoms with Gasteiger partial charge in [-0.05, 0) is 24.3 Å². The van der Waals surface area contributed by atoms with Crippen LogP contribution in [0.15, 0.2) is 34.9 Å². The van der Waals surface area contributed by atoms with Crippen molar-refractivity contribution in [3.05, 3.63) is 41.8 Å². The van der Waals surface area contributed by atoms with Gasteiger partial charge < -0.3 is 19.5 Å². The van der Waals surface area contributed by atoms with Crippen molar-refractivity contribution in [3.63, 3.8) is 0 Å². The fourth-order valence-corrected chi connectivity index (χ4v) is 2.03. The fraction of sp³-hybridized carbons (Fsp3) is 0.286. The van der Waals surface area contributed by atoms with Gasteiger partial charge in [-0.1, -0.05) is 5.16 Å². The number of hydrogen-bond acceptors (Lipinski definition) is 5. The third kappa shape index (κ3) is 3.19. The molecular formula is C14H14FN3O3. The van der Waals surface area contributed by atoms with E-state index >= 15 is 0 Å². The van der Waals surface area contributed by atoms with Gasteiger partial charge in [0.05, 0.1) is 13.2 Å². The minimum absolute atomic E-state index is 0.181. The summed E-state index contributed by atoms with van der Waals surface area (Å²) in [5, 5.41) is 6.39. The van der Waals surface area contributed by atoms with E-state index in [0.717, 1.165) is 0 Å². The molecule has 7 heteroatoms. The molecule has 1 aromatic carbocycles. The molecule has 1 N–H and O–H groups in total. The molecule has 1 fully saturated rings. The molecule has 3 rings (SSSR count). The Balaban J connectivity index is 1.67. The third-order valence-electron chi connectivity index (χ3n) is 3.16. The second kappa shape index (κ2) is 5.92. The van der Waals surface area contributed by atoms with Crippen molar-refractivity contribution in [3.8, 4) is 0 Å². The number of halogens is 1. The zero-order chi connectivity index (χ0) is 14.7. The highest BCUT2D eigenvalue weighted by atomic mass is 19.1. The number of anilines is 2. The maximum atomic E-state index is 12.8. The number of rotatable bonds is 3. The number of hydrogen-bond donors (Lipinski definition) is 1. The van der Waals surface area contributed by atoms with Crippen LogP contribution in [-0.4, -0.2) is 37.4 Å². The van der Waals surface area contributed by atoms with Crippen LogP contribution in [0.3, 0.4) is 0 Å². The van der Waals surface area contributed by atoms with Crippen LogP contribution in [0.2, 0.25) is 0 Å². The SMILES string of the molecule is O=C(Nc1ccc(F)cc1)c1cc(N2CCOCC2)on1. The van der Waals surface area contributed by atoms with Crippen LogP contribution >= 0.6 is 0 Å². The van der Waals surface area contributed by atoms with E-state index in [2.05, 4.69) is 10.5 Å². The van der Waals surface area contributed by atoms with Gasteiger partial charge in [-0.2, -0.15) is 0 Å². The minimum atomic E-state index is -0.398. The monoisotopic (exact) mass is 291 g/mol. The van der Waals surface area contributed by atoms with E-state index in [-0.39, 0.29) is 11.5 Å². The lowest BCUT2D eigenvalue weighted by Crippen LogP contribution is -2.35. The zero-order valence-electron chi connectivity index (χ0n) is 11.2. The van der Waals surface area contributed by atoms with Gasteiger partial charge in [-0.25, -0.2) is 4.39 Å². The van der Waals surface area contributed by atoms with E-state index in [1.165, 1.54) is 24.3 Å². The molecule has 0 aliphatic carbocycles. The molecule has 1 aromatic heterocycles. The average molecular weight is 291 g/mol. The molecular weight excluding hydrogens is 277 g/mol. The molecule has 2 aromatic rings. The molecule has 21 heavy (non-hydrogen) atoms. The number of benzene rings is 1. The van der Waals surface area contributed by atoms with Crippen LogP contribution in [0.1, 0.15) is 10.5 Å². The second-order valence-corrected chi connectivity index (χ2v) is 4.61. The van der Waals surface area contributed by atoms with Crippen LogP contribution < -0.4 is 10.2 Å². The van der Waals surface area contributed by atoms with E-state index in [9.17, 15) is 9.18 Å². The molecule has 1 saturated heterocycles. The predicted molar refractivity (Wildman–Crippen MR) is 73.9 cm³/mol. The standard InChI is InChI=1S/C14H14FN3O3/c15-10-1-3-11(4-2-10)16-14(19)12-9-13(21-17-12)18-5-7-20-8-6-18/h1-4,9H,5-8H2,(H,16,19). The second-order valence-electron chi connectivity index (χ2n) is 4.61. The van der Waals surface area contributed by atoms with Crippen LogP contribution in [-0.2, 0) is 4.74 Å². The van der Waals surface area contributed by atoms with E-state index in [1.807, 2.05) is 4.90 Å². The Labute approximate surface area is 120 Å². The summed E-state index contributed by atoms with van der Waals surface area (Å²) in [7, 11) is 0. The first-order chi connectivity index (χ1) is 10.2. The van der Waals surface area contributed by atoms with Crippen molar-refractivity contribution < 1.29 is 18.4 Å². The molecule has 0 atom stereocenters. The number of nitrogens with one attached hydrogen (secondary N) is 1. The maximum absolute atomic E-state index is 12.8. The first kappa shape index (κ1) is 13.6. The molecule has 0 radical (unpaired) electrons. The van der Waals surface area contributed by atoms with Gasteiger partial charge in [0.25, 0.3) is 5.91 Å². The highest BCUT2D eigenvalue weighted by Gasteiger charge is 2.19. The number of carbonyl (C=O) groups is 1. The van der Waals surface area contributed by atoms with Crippen molar-refractivity contribution in [2.24, 2.45) is 0 Å². The first-order valence-corrected chi connectivity index (χ1v) is 6.59. The van der Waals surface area contributed by atoms with E-state index in [0.29, 0.717) is 37.9 Å². The Kier molecular flexibility index (Phi) is 3.83. The number of ether oxygens (including phenoxy) is 1. The number of nitrogens with zero attached hydrogens (tertiary/aromatic N) is 2. The summed E-state index contributed by atoms with van der Waals surface area (Å²) >= 11 is 0. The molecule has 0 unspecified atom stereocenters. The van der Waals surface area contributed by atoms with E-state index in [1.54, 1.807) is 6.07 Å². The number of aromatic nitrogens is 1. The lowest BCUT2D eigenvalue weighted by molar-refractivity contribution is 0.101. The molecule has 0 spiro atoms. The Hall–Kier alpha value is -2.41. The van der Waals surface area contributed by atoms with Gasteiger partial charge in [-0.15, -0.1) is 0 Å². The fourth-order valence-electron chi connectivity index (χ4n) is 2.03. The Morgan fingerprint density at radius 2 is 1.95 bits per heavy atom. The van der Waals surface area contributed by atoms with E-state index in [4.69, 9.17) is 9.26 Å². The highest BCUT2D eigenvalue weighted by molar-refractivity contribution is 6.03. The number of carbonyl (C=O) groups excluding carboxylic acids is 1. The molecule has 1 aliphatic rings. The summed E-state index contributed by atoms with van der Waals surface area (Å²) in [5.74, 6) is -0.212. The maximum Gasteiger partial charge on any atom is 0.277 e. The highest BCUT2D eigenvalue weighted by Crippen LogP contribution is 2.18. The largest absolute Gasteiger partial charge is 0.378 e. The van der Waals surface area contributed by atoms with Crippen LogP contribution in [0, 0.1) is 5.82 Å². The van der Waals surface area contributed by atoms with Crippen LogP contribution in [0.4, 0.5) is 16.0 Å². The minimum Gasteiger partial charge on any atom is -0.378 e. The smallest absolute Gasteiger partial charge is 0.277 e. The molecule has 110 valence electrons. The molecule has 1 aliphatic heterocycles. The van der Waals surface area contributed by atoms with Crippen molar-refractivity contribution in [2.45, 2.75) is 0 Å². The summed E-state index contributed by atoms with van der Waals surface area (Å²) in [5.41, 5.74) is 0.679. The summed E-state index contributed by atoms with van der Waals surface area (Å²) in [6.45, 7) is 2.65. The van der Waals surface area contributed by atoms with Gasteiger partial charge >= 0.3 is 0 Å². The Bertz CT molecular complexity index is 621. The molecule has 6 nitrogen and oxygen atoms in total. The predicted octanol–water partition coefficient (Wildman–Crippen LogP) is 1.90. The Morgan fingerprint density at radius 3 is 2.67 bits per heavy atom. The molecule has 0 saturated carbocycles. The lowest BCUT2D eigenvalue weighted by atomic mass is 10.3. The number of amides is 1. The van der Waals surface area contributed by atoms with E-state index < -0.39 is 5.91 Å². The molecule has 2 heterocycles. The van der Waals surface area contributed by atoms with Crippen molar-refractivity contribution in [1.82, 2.24) is 5.16 Å². The topological polar surface area (TPSA) is 67.6 Å². The summed E-state index contributed by atoms with van der Waals surface area (Å²) in [6, 6.07) is 7.10. The quantitative estimate of drug-likeness (QED) is 0.935. The normalized spacial score (nSPS) is 15.0. The first-order valence-electron chi connectivity index (χ1n) is 6.59. The summed E-state index contributed by atoms with van der Waals surface area (Å²) in [4.78, 5) is 14.0. The Morgan fingerprint density at radius 1 is 1.24 bits per heavy atom. The number of morpholine rings is 1. The van der Waals surface area contributed by atoms with Gasteiger partial charge in [0.15, 0.2) is 5.69 Å². The zero-order valence-corrected chi connectivity index (χ0v) is 11.2. The molecule has 1 amide bonds. The van der Waals surface area contributed by atoms with Crippen molar-refractivity contribution in [1.29, 1.82) is 0 Å². The van der Waals surface area contributed by atoms with Gasteiger partial charge in [0.1, 0.15) is 5.82 Å². The van der Waals surface area contributed by atoms with Crippen LogP contribution in [0.25, 0.3) is 0 Å². The van der Waals surface area contributed by atoms with Gasteiger partial charge in [0, 0.05) is 24.8 Å². The van der Waals surface area contributed by atoms with Crippen molar-refractivity contribution >= 4 is 17.5 Å². The summed E-state index contributed by atoms with van der Waals surface area (Å²) in [6.07, 6.45) is 0. The van der Waals surface area contributed by atoms with Gasteiger partial charge in [0.2, 0.25) is 5.88 Å². The average Bonchev–Trinajstić information content (AvgIpc) is 3.00. The molecule has 0 bridgehead atoms. The van der Waals surface area contributed by atoms with Crippen LogP contribution in [0.5, 0.6) is 0 Å². The van der Waals surface area contributed by atoms with Crippen molar-refractivity contribution in [2.75, 3.05) is 36.5 Å². The van der Waals surface area contributed by atoms with Gasteiger partial charge in [-0.3, -0.25) is 4.79 Å². The summed E-state index contributed by atoms with van der Waals surface area (Å²) < 4.78 is 23.2. The third-order valence-corrected chi connectivity index (χ3v) is 3.16. The lowest BCUT2D eigenvalue weighted by Gasteiger charge is -2.25.